The van der Waals surface area contributed by atoms with Gasteiger partial charge in [0.25, 0.3) is 5.91 Å². The molecule has 26 heavy (non-hydrogen) atoms. The first kappa shape index (κ1) is 19.3. The van der Waals surface area contributed by atoms with Crippen LogP contribution < -0.4 is 14.8 Å². The Kier molecular flexibility index (Phi) is 7.02. The van der Waals surface area contributed by atoms with Gasteiger partial charge in [0, 0.05) is 6.54 Å². The Morgan fingerprint density at radius 1 is 0.923 bits per heavy atom. The average molecular weight is 357 g/mol. The first-order chi connectivity index (χ1) is 12.5. The van der Waals surface area contributed by atoms with Crippen molar-refractivity contribution in [3.05, 3.63) is 60.2 Å². The summed E-state index contributed by atoms with van der Waals surface area (Å²) in [6.07, 6.45) is -1.73. The molecule has 2 aromatic carbocycles. The highest BCUT2D eigenvalue weighted by Gasteiger charge is 2.23. The molecule has 6 nitrogen and oxygen atoms in total. The van der Waals surface area contributed by atoms with Crippen LogP contribution in [0.1, 0.15) is 19.4 Å². The molecule has 0 spiro atoms. The van der Waals surface area contributed by atoms with E-state index in [0.29, 0.717) is 12.3 Å². The molecule has 0 unspecified atom stereocenters. The molecule has 0 radical (unpaired) electrons. The van der Waals surface area contributed by atoms with Crippen molar-refractivity contribution in [3.63, 3.8) is 0 Å². The molecule has 1 N–H and O–H groups in total. The quantitative estimate of drug-likeness (QED) is 0.736. The molecule has 2 aromatic rings. The fraction of sp³-hybridized carbons (Fsp3) is 0.300. The standard InChI is InChI=1S/C20H23NO5/c1-14(19(22)21-13-16-9-11-17(24-3)12-10-16)26-20(23)15(2)25-18-7-5-4-6-8-18/h4-12,14-15H,13H2,1-3H3,(H,21,22)/t14-,15-/m1/s1. The van der Waals surface area contributed by atoms with Crippen molar-refractivity contribution in [1.82, 2.24) is 5.32 Å². The highest BCUT2D eigenvalue weighted by Crippen LogP contribution is 2.13. The molecule has 1 amide bonds. The minimum absolute atomic E-state index is 0.334. The Bertz CT molecular complexity index is 715. The summed E-state index contributed by atoms with van der Waals surface area (Å²) in [6, 6.07) is 16.3. The molecule has 0 aliphatic rings. The van der Waals surface area contributed by atoms with Gasteiger partial charge in [-0.05, 0) is 43.7 Å². The summed E-state index contributed by atoms with van der Waals surface area (Å²) in [6.45, 7) is 3.44. The minimum atomic E-state index is -0.914. The lowest BCUT2D eigenvalue weighted by molar-refractivity contribution is -0.160. The Hall–Kier alpha value is -3.02. The lowest BCUT2D eigenvalue weighted by Crippen LogP contribution is -2.38. The number of carbonyl (C=O) groups is 2. The third-order valence-electron chi connectivity index (χ3n) is 3.68. The number of rotatable bonds is 8. The number of carbonyl (C=O) groups excluding carboxylic acids is 2. The van der Waals surface area contributed by atoms with E-state index in [-0.39, 0.29) is 5.91 Å². The molecule has 138 valence electrons. The largest absolute Gasteiger partial charge is 0.497 e. The summed E-state index contributed by atoms with van der Waals surface area (Å²) in [5.41, 5.74) is 0.915. The predicted molar refractivity (Wildman–Crippen MR) is 96.9 cm³/mol. The second-order valence-electron chi connectivity index (χ2n) is 5.72. The third-order valence-corrected chi connectivity index (χ3v) is 3.68. The molecule has 0 bridgehead atoms. The lowest BCUT2D eigenvalue weighted by atomic mass is 10.2. The highest BCUT2D eigenvalue weighted by atomic mass is 16.6. The van der Waals surface area contributed by atoms with Crippen LogP contribution >= 0.6 is 0 Å². The van der Waals surface area contributed by atoms with Crippen LogP contribution in [-0.4, -0.2) is 31.2 Å². The average Bonchev–Trinajstić information content (AvgIpc) is 2.67. The van der Waals surface area contributed by atoms with Gasteiger partial charge >= 0.3 is 5.97 Å². The number of nitrogens with one attached hydrogen (secondary N) is 1. The molecule has 0 fully saturated rings. The fourth-order valence-corrected chi connectivity index (χ4v) is 2.15. The van der Waals surface area contributed by atoms with E-state index in [2.05, 4.69) is 5.32 Å². The van der Waals surface area contributed by atoms with Crippen molar-refractivity contribution in [2.45, 2.75) is 32.6 Å². The number of hydrogen-bond donors (Lipinski definition) is 1. The van der Waals surface area contributed by atoms with Gasteiger partial charge in [-0.25, -0.2) is 4.79 Å². The van der Waals surface area contributed by atoms with E-state index in [9.17, 15) is 9.59 Å². The van der Waals surface area contributed by atoms with Gasteiger partial charge in [-0.15, -0.1) is 0 Å². The van der Waals surface area contributed by atoms with Crippen molar-refractivity contribution >= 4 is 11.9 Å². The van der Waals surface area contributed by atoms with Crippen molar-refractivity contribution < 1.29 is 23.8 Å². The van der Waals surface area contributed by atoms with Crippen LogP contribution in [0.4, 0.5) is 0 Å². The van der Waals surface area contributed by atoms with Gasteiger partial charge in [0.1, 0.15) is 11.5 Å². The van der Waals surface area contributed by atoms with Crippen LogP contribution in [0.25, 0.3) is 0 Å². The molecule has 0 saturated carbocycles. The van der Waals surface area contributed by atoms with Crippen molar-refractivity contribution in [1.29, 1.82) is 0 Å². The van der Waals surface area contributed by atoms with Crippen LogP contribution in [0.15, 0.2) is 54.6 Å². The Labute approximate surface area is 153 Å². The van der Waals surface area contributed by atoms with Gasteiger partial charge in [-0.3, -0.25) is 4.79 Å². The van der Waals surface area contributed by atoms with Gasteiger partial charge in [0.2, 0.25) is 0 Å². The maximum Gasteiger partial charge on any atom is 0.347 e. The zero-order valence-electron chi connectivity index (χ0n) is 15.1. The molecule has 0 aliphatic heterocycles. The van der Waals surface area contributed by atoms with Crippen LogP contribution in [0.3, 0.4) is 0 Å². The maximum absolute atomic E-state index is 12.1. The molecule has 0 aliphatic carbocycles. The van der Waals surface area contributed by atoms with E-state index in [4.69, 9.17) is 14.2 Å². The molecule has 0 aromatic heterocycles. The second-order valence-corrected chi connectivity index (χ2v) is 5.72. The van der Waals surface area contributed by atoms with E-state index >= 15 is 0 Å². The summed E-state index contributed by atoms with van der Waals surface area (Å²) in [7, 11) is 1.59. The number of methoxy groups -OCH3 is 1. The van der Waals surface area contributed by atoms with Crippen LogP contribution in [0.5, 0.6) is 11.5 Å². The Morgan fingerprint density at radius 3 is 2.19 bits per heavy atom. The molecule has 2 atom stereocenters. The van der Waals surface area contributed by atoms with Crippen molar-refractivity contribution in [3.8, 4) is 11.5 Å². The summed E-state index contributed by atoms with van der Waals surface area (Å²) in [4.78, 5) is 24.2. The Morgan fingerprint density at radius 2 is 1.58 bits per heavy atom. The number of para-hydroxylation sites is 1. The van der Waals surface area contributed by atoms with Gasteiger partial charge in [-0.1, -0.05) is 30.3 Å². The van der Waals surface area contributed by atoms with E-state index in [1.54, 1.807) is 26.2 Å². The summed E-state index contributed by atoms with van der Waals surface area (Å²) >= 11 is 0. The van der Waals surface area contributed by atoms with Gasteiger partial charge in [0.15, 0.2) is 12.2 Å². The SMILES string of the molecule is COc1ccc(CNC(=O)[C@@H](C)OC(=O)[C@@H](C)Oc2ccccc2)cc1. The first-order valence-electron chi connectivity index (χ1n) is 8.32. The van der Waals surface area contributed by atoms with Crippen molar-refractivity contribution in [2.24, 2.45) is 0 Å². The Balaban J connectivity index is 1.78. The minimum Gasteiger partial charge on any atom is -0.497 e. The number of hydrogen-bond acceptors (Lipinski definition) is 5. The fourth-order valence-electron chi connectivity index (χ4n) is 2.15. The van der Waals surface area contributed by atoms with Crippen LogP contribution in [0.2, 0.25) is 0 Å². The smallest absolute Gasteiger partial charge is 0.347 e. The molecule has 0 saturated heterocycles. The van der Waals surface area contributed by atoms with Gasteiger partial charge in [0.05, 0.1) is 7.11 Å². The molecule has 6 heteroatoms. The zero-order valence-corrected chi connectivity index (χ0v) is 15.1. The van der Waals surface area contributed by atoms with E-state index in [0.717, 1.165) is 11.3 Å². The summed E-state index contributed by atoms with van der Waals surface area (Å²) in [5, 5.41) is 2.73. The summed E-state index contributed by atoms with van der Waals surface area (Å²) in [5.74, 6) is 0.338. The van der Waals surface area contributed by atoms with E-state index in [1.165, 1.54) is 6.92 Å². The monoisotopic (exact) mass is 357 g/mol. The van der Waals surface area contributed by atoms with Gasteiger partial charge < -0.3 is 19.5 Å². The zero-order chi connectivity index (χ0) is 18.9. The molecule has 2 rings (SSSR count). The maximum atomic E-state index is 12.1. The first-order valence-corrected chi connectivity index (χ1v) is 8.32. The van der Waals surface area contributed by atoms with Crippen LogP contribution in [0, 0.1) is 0 Å². The predicted octanol–water partition coefficient (Wildman–Crippen LogP) is 2.71. The van der Waals surface area contributed by atoms with Crippen LogP contribution in [-0.2, 0) is 20.9 Å². The van der Waals surface area contributed by atoms with Gasteiger partial charge in [-0.2, -0.15) is 0 Å². The normalized spacial score (nSPS) is 12.6. The topological polar surface area (TPSA) is 73.9 Å². The molecular formula is C20H23NO5. The highest BCUT2D eigenvalue weighted by molar-refractivity contribution is 5.84. The lowest BCUT2D eigenvalue weighted by Gasteiger charge is -2.17. The number of amides is 1. The van der Waals surface area contributed by atoms with E-state index in [1.807, 2.05) is 42.5 Å². The molecular weight excluding hydrogens is 334 g/mol. The molecule has 0 heterocycles. The number of benzene rings is 2. The second kappa shape index (κ2) is 9.46. The third kappa shape index (κ3) is 5.81. The van der Waals surface area contributed by atoms with Crippen molar-refractivity contribution in [2.75, 3.05) is 7.11 Å². The summed E-state index contributed by atoms with van der Waals surface area (Å²) < 4.78 is 15.7. The van der Waals surface area contributed by atoms with E-state index < -0.39 is 18.2 Å². The number of ether oxygens (including phenoxy) is 3. The number of esters is 1.